The van der Waals surface area contributed by atoms with Crippen LogP contribution in [0.4, 0.5) is 0 Å². The van der Waals surface area contributed by atoms with Crippen LogP contribution in [0.25, 0.3) is 11.0 Å². The summed E-state index contributed by atoms with van der Waals surface area (Å²) in [4.78, 5) is 13.9. The van der Waals surface area contributed by atoms with Crippen LogP contribution in [0.1, 0.15) is 25.3 Å². The summed E-state index contributed by atoms with van der Waals surface area (Å²) in [6.45, 7) is 3.94. The molecule has 0 atom stereocenters. The van der Waals surface area contributed by atoms with E-state index in [1.54, 1.807) is 19.2 Å². The maximum absolute atomic E-state index is 11.7. The van der Waals surface area contributed by atoms with Crippen LogP contribution in [0.2, 0.25) is 0 Å². The van der Waals surface area contributed by atoms with Crippen molar-refractivity contribution < 1.29 is 9.15 Å². The van der Waals surface area contributed by atoms with E-state index in [-0.39, 0.29) is 5.63 Å². The van der Waals surface area contributed by atoms with Gasteiger partial charge in [0.1, 0.15) is 11.3 Å². The van der Waals surface area contributed by atoms with Gasteiger partial charge in [0.15, 0.2) is 0 Å². The fourth-order valence-electron chi connectivity index (χ4n) is 2.27. The number of methoxy groups -OCH3 is 1. The number of fused-ring (bicyclic) bond motifs is 1. The van der Waals surface area contributed by atoms with Crippen LogP contribution >= 0.6 is 0 Å². The second-order valence-electron chi connectivity index (χ2n) is 5.04. The Morgan fingerprint density at radius 2 is 2.10 bits per heavy atom. The van der Waals surface area contributed by atoms with Gasteiger partial charge in [-0.3, -0.25) is 0 Å². The summed E-state index contributed by atoms with van der Waals surface area (Å²) in [6.07, 6.45) is 2.32. The van der Waals surface area contributed by atoms with E-state index < -0.39 is 0 Å². The van der Waals surface area contributed by atoms with Gasteiger partial charge in [0.05, 0.1) is 7.11 Å². The quantitative estimate of drug-likeness (QED) is 0.760. The Bertz CT molecular complexity index is 633. The molecule has 0 saturated heterocycles. The van der Waals surface area contributed by atoms with E-state index in [9.17, 15) is 4.79 Å². The van der Waals surface area contributed by atoms with E-state index in [4.69, 9.17) is 9.15 Å². The molecule has 20 heavy (non-hydrogen) atoms. The van der Waals surface area contributed by atoms with E-state index in [0.29, 0.717) is 11.3 Å². The van der Waals surface area contributed by atoms with Crippen molar-refractivity contribution in [2.75, 3.05) is 20.7 Å². The molecule has 0 fully saturated rings. The van der Waals surface area contributed by atoms with Crippen molar-refractivity contribution in [3.05, 3.63) is 40.2 Å². The average Bonchev–Trinajstić information content (AvgIpc) is 2.44. The molecule has 1 aromatic heterocycles. The van der Waals surface area contributed by atoms with E-state index in [2.05, 4.69) is 18.9 Å². The van der Waals surface area contributed by atoms with Crippen LogP contribution in [-0.4, -0.2) is 25.6 Å². The predicted molar refractivity (Wildman–Crippen MR) is 80.3 cm³/mol. The van der Waals surface area contributed by atoms with Crippen molar-refractivity contribution in [1.82, 2.24) is 4.90 Å². The Balaban J connectivity index is 2.34. The lowest BCUT2D eigenvalue weighted by Gasteiger charge is -2.17. The molecule has 0 N–H and O–H groups in total. The zero-order chi connectivity index (χ0) is 14.5. The monoisotopic (exact) mass is 275 g/mol. The molecule has 0 radical (unpaired) electrons. The third-order valence-corrected chi connectivity index (χ3v) is 3.37. The number of hydrogen-bond donors (Lipinski definition) is 0. The van der Waals surface area contributed by atoms with Crippen molar-refractivity contribution in [2.24, 2.45) is 0 Å². The van der Waals surface area contributed by atoms with Gasteiger partial charge < -0.3 is 14.1 Å². The van der Waals surface area contributed by atoms with Gasteiger partial charge in [0.2, 0.25) is 0 Å². The van der Waals surface area contributed by atoms with Crippen LogP contribution in [0.5, 0.6) is 5.75 Å². The SMILES string of the molecule is CCCCN(C)Cc1cc(=O)oc2cc(OC)ccc12. The van der Waals surface area contributed by atoms with Crippen LogP contribution in [-0.2, 0) is 6.54 Å². The van der Waals surface area contributed by atoms with Crippen molar-refractivity contribution >= 4 is 11.0 Å². The summed E-state index contributed by atoms with van der Waals surface area (Å²) in [7, 11) is 3.67. The molecular formula is C16H21NO3. The van der Waals surface area contributed by atoms with Gasteiger partial charge in [-0.25, -0.2) is 4.79 Å². The number of nitrogens with zero attached hydrogens (tertiary/aromatic N) is 1. The Labute approximate surface area is 119 Å². The van der Waals surface area contributed by atoms with Crippen LogP contribution in [0.15, 0.2) is 33.5 Å². The minimum Gasteiger partial charge on any atom is -0.497 e. The Morgan fingerprint density at radius 1 is 1.30 bits per heavy atom. The third-order valence-electron chi connectivity index (χ3n) is 3.37. The number of rotatable bonds is 6. The first kappa shape index (κ1) is 14.6. The first-order valence-electron chi connectivity index (χ1n) is 6.93. The van der Waals surface area contributed by atoms with Crippen LogP contribution in [0, 0.1) is 0 Å². The highest BCUT2D eigenvalue weighted by Crippen LogP contribution is 2.23. The Hall–Kier alpha value is -1.81. The highest BCUT2D eigenvalue weighted by Gasteiger charge is 2.09. The van der Waals surface area contributed by atoms with Crippen molar-refractivity contribution in [3.8, 4) is 5.75 Å². The zero-order valence-electron chi connectivity index (χ0n) is 12.3. The van der Waals surface area contributed by atoms with E-state index in [1.807, 2.05) is 12.1 Å². The molecule has 4 nitrogen and oxygen atoms in total. The van der Waals surface area contributed by atoms with Gasteiger partial charge in [0, 0.05) is 24.1 Å². The molecule has 2 rings (SSSR count). The predicted octanol–water partition coefficient (Wildman–Crippen LogP) is 3.03. The summed E-state index contributed by atoms with van der Waals surface area (Å²) < 4.78 is 10.4. The van der Waals surface area contributed by atoms with Crippen LogP contribution < -0.4 is 10.4 Å². The maximum Gasteiger partial charge on any atom is 0.336 e. The number of benzene rings is 1. The molecule has 1 aromatic carbocycles. The number of unbranched alkanes of at least 4 members (excludes halogenated alkanes) is 1. The average molecular weight is 275 g/mol. The summed E-state index contributed by atoms with van der Waals surface area (Å²) >= 11 is 0. The molecule has 0 unspecified atom stereocenters. The summed E-state index contributed by atoms with van der Waals surface area (Å²) in [5, 5.41) is 0.966. The first-order valence-corrected chi connectivity index (χ1v) is 6.93. The standard InChI is InChI=1S/C16H21NO3/c1-4-5-8-17(2)11-12-9-16(18)20-15-10-13(19-3)6-7-14(12)15/h6-7,9-10H,4-5,8,11H2,1-3H3. The fraction of sp³-hybridized carbons (Fsp3) is 0.438. The van der Waals surface area contributed by atoms with Gasteiger partial charge in [-0.15, -0.1) is 0 Å². The molecule has 0 saturated carbocycles. The zero-order valence-corrected chi connectivity index (χ0v) is 12.3. The summed E-state index contributed by atoms with van der Waals surface area (Å²) in [5.41, 5.74) is 1.26. The van der Waals surface area contributed by atoms with E-state index >= 15 is 0 Å². The molecular weight excluding hydrogens is 254 g/mol. The van der Waals surface area contributed by atoms with E-state index in [0.717, 1.165) is 30.5 Å². The molecule has 1 heterocycles. The van der Waals surface area contributed by atoms with Gasteiger partial charge in [-0.05, 0) is 37.7 Å². The lowest BCUT2D eigenvalue weighted by Crippen LogP contribution is -2.20. The minimum absolute atomic E-state index is 0.315. The smallest absolute Gasteiger partial charge is 0.336 e. The normalized spacial score (nSPS) is 11.2. The molecule has 0 spiro atoms. The van der Waals surface area contributed by atoms with Gasteiger partial charge in [-0.1, -0.05) is 13.3 Å². The van der Waals surface area contributed by atoms with Gasteiger partial charge in [-0.2, -0.15) is 0 Å². The minimum atomic E-state index is -0.315. The Morgan fingerprint density at radius 3 is 2.80 bits per heavy atom. The second kappa shape index (κ2) is 6.57. The molecule has 2 aromatic rings. The van der Waals surface area contributed by atoms with Crippen molar-refractivity contribution in [1.29, 1.82) is 0 Å². The molecule has 0 aliphatic heterocycles. The molecule has 4 heteroatoms. The maximum atomic E-state index is 11.7. The van der Waals surface area contributed by atoms with Crippen LogP contribution in [0.3, 0.4) is 0 Å². The third kappa shape index (κ3) is 3.39. The van der Waals surface area contributed by atoms with Gasteiger partial charge >= 0.3 is 5.63 Å². The molecule has 0 aliphatic rings. The lowest BCUT2D eigenvalue weighted by atomic mass is 10.1. The van der Waals surface area contributed by atoms with Crippen molar-refractivity contribution in [3.63, 3.8) is 0 Å². The Kier molecular flexibility index (Phi) is 4.79. The lowest BCUT2D eigenvalue weighted by molar-refractivity contribution is 0.321. The number of hydrogen-bond acceptors (Lipinski definition) is 4. The molecule has 108 valence electrons. The summed E-state index contributed by atoms with van der Waals surface area (Å²) in [6, 6.07) is 7.17. The van der Waals surface area contributed by atoms with Gasteiger partial charge in [0.25, 0.3) is 0 Å². The first-order chi connectivity index (χ1) is 9.63. The van der Waals surface area contributed by atoms with Crippen molar-refractivity contribution in [2.45, 2.75) is 26.3 Å². The van der Waals surface area contributed by atoms with E-state index in [1.165, 1.54) is 6.42 Å². The highest BCUT2D eigenvalue weighted by molar-refractivity contribution is 5.81. The molecule has 0 bridgehead atoms. The molecule has 0 aliphatic carbocycles. The molecule has 0 amide bonds. The topological polar surface area (TPSA) is 42.7 Å². The summed E-state index contributed by atoms with van der Waals surface area (Å²) in [5.74, 6) is 0.692. The largest absolute Gasteiger partial charge is 0.497 e. The fourth-order valence-corrected chi connectivity index (χ4v) is 2.27. The second-order valence-corrected chi connectivity index (χ2v) is 5.04. The number of ether oxygens (including phenoxy) is 1. The highest BCUT2D eigenvalue weighted by atomic mass is 16.5.